The van der Waals surface area contributed by atoms with Crippen molar-refractivity contribution < 1.29 is 18.8 Å². The largest absolute Gasteiger partial charge is 0.493 e. The Hall–Kier alpha value is -3.61. The fraction of sp³-hybridized carbons (Fsp3) is 0.261. The number of amides is 1. The van der Waals surface area contributed by atoms with Gasteiger partial charge in [-0.15, -0.1) is 0 Å². The molecule has 7 nitrogen and oxygen atoms in total. The van der Waals surface area contributed by atoms with Gasteiger partial charge in [-0.1, -0.05) is 35.0 Å². The highest BCUT2D eigenvalue weighted by molar-refractivity contribution is 5.91. The third-order valence-corrected chi connectivity index (χ3v) is 4.59. The van der Waals surface area contributed by atoms with Crippen LogP contribution in [0.25, 0.3) is 17.5 Å². The predicted molar refractivity (Wildman–Crippen MR) is 114 cm³/mol. The van der Waals surface area contributed by atoms with Crippen LogP contribution in [0, 0.1) is 6.92 Å². The van der Waals surface area contributed by atoms with Crippen LogP contribution in [-0.2, 0) is 11.3 Å². The van der Waals surface area contributed by atoms with Gasteiger partial charge < -0.3 is 18.9 Å². The molecule has 0 atom stereocenters. The molecule has 0 bridgehead atoms. The Labute approximate surface area is 175 Å². The summed E-state index contributed by atoms with van der Waals surface area (Å²) in [4.78, 5) is 18.7. The van der Waals surface area contributed by atoms with Gasteiger partial charge in [0, 0.05) is 18.2 Å². The van der Waals surface area contributed by atoms with Crippen LogP contribution in [0.3, 0.4) is 0 Å². The van der Waals surface area contributed by atoms with E-state index in [1.807, 2.05) is 50.2 Å². The van der Waals surface area contributed by atoms with Crippen molar-refractivity contribution >= 4 is 12.0 Å². The van der Waals surface area contributed by atoms with E-state index in [1.165, 1.54) is 6.08 Å². The third-order valence-electron chi connectivity index (χ3n) is 4.59. The summed E-state index contributed by atoms with van der Waals surface area (Å²) in [6.45, 7) is 4.66. The summed E-state index contributed by atoms with van der Waals surface area (Å²) in [5.74, 6) is 1.99. The summed E-state index contributed by atoms with van der Waals surface area (Å²) in [5, 5.41) is 4.04. The Kier molecular flexibility index (Phi) is 6.85. The molecule has 0 aliphatic heterocycles. The second-order valence-electron chi connectivity index (χ2n) is 6.68. The summed E-state index contributed by atoms with van der Waals surface area (Å²) < 4.78 is 15.9. The zero-order chi connectivity index (χ0) is 21.5. The first kappa shape index (κ1) is 21.1. The van der Waals surface area contributed by atoms with Crippen LogP contribution >= 0.6 is 0 Å². The van der Waals surface area contributed by atoms with Crippen LogP contribution in [0.1, 0.15) is 23.9 Å². The normalized spacial score (nSPS) is 10.9. The van der Waals surface area contributed by atoms with Gasteiger partial charge in [-0.25, -0.2) is 0 Å². The van der Waals surface area contributed by atoms with E-state index in [9.17, 15) is 4.79 Å². The molecule has 0 aliphatic carbocycles. The molecule has 2 aromatic carbocycles. The van der Waals surface area contributed by atoms with Crippen molar-refractivity contribution in [2.45, 2.75) is 20.4 Å². The van der Waals surface area contributed by atoms with E-state index >= 15 is 0 Å². The molecule has 0 fully saturated rings. The van der Waals surface area contributed by atoms with E-state index in [0.29, 0.717) is 29.8 Å². The predicted octanol–water partition coefficient (Wildman–Crippen LogP) is 4.12. The lowest BCUT2D eigenvalue weighted by molar-refractivity contribution is -0.126. The molecule has 30 heavy (non-hydrogen) atoms. The van der Waals surface area contributed by atoms with Crippen LogP contribution < -0.4 is 9.47 Å². The van der Waals surface area contributed by atoms with E-state index in [4.69, 9.17) is 14.0 Å². The van der Waals surface area contributed by atoms with Crippen molar-refractivity contribution in [3.8, 4) is 22.9 Å². The lowest BCUT2D eigenvalue weighted by Crippen LogP contribution is -2.28. The molecule has 0 saturated heterocycles. The van der Waals surface area contributed by atoms with Crippen molar-refractivity contribution in [3.05, 3.63) is 65.6 Å². The molecule has 3 aromatic rings. The average molecular weight is 407 g/mol. The summed E-state index contributed by atoms with van der Waals surface area (Å²) in [6, 6.07) is 13.3. The summed E-state index contributed by atoms with van der Waals surface area (Å²) in [5.41, 5.74) is 2.83. The van der Waals surface area contributed by atoms with Gasteiger partial charge in [0.25, 0.3) is 0 Å². The number of hydrogen-bond donors (Lipinski definition) is 0. The summed E-state index contributed by atoms with van der Waals surface area (Å²) in [6.07, 6.45) is 3.25. The minimum Gasteiger partial charge on any atom is -0.493 e. The smallest absolute Gasteiger partial charge is 0.247 e. The lowest BCUT2D eigenvalue weighted by atomic mass is 10.1. The van der Waals surface area contributed by atoms with E-state index in [1.54, 1.807) is 31.3 Å². The number of likely N-dealkylation sites (N-methyl/N-ethyl adjacent to an activating group) is 1. The van der Waals surface area contributed by atoms with Crippen LogP contribution in [0.2, 0.25) is 0 Å². The molecule has 0 radical (unpaired) electrons. The van der Waals surface area contributed by atoms with Crippen molar-refractivity contribution in [1.29, 1.82) is 0 Å². The summed E-state index contributed by atoms with van der Waals surface area (Å²) >= 11 is 0. The second kappa shape index (κ2) is 9.73. The molecule has 7 heteroatoms. The van der Waals surface area contributed by atoms with Gasteiger partial charge in [-0.2, -0.15) is 4.98 Å². The molecule has 0 unspecified atom stereocenters. The molecule has 1 amide bonds. The fourth-order valence-electron chi connectivity index (χ4n) is 2.96. The molecule has 0 spiro atoms. The first-order valence-electron chi connectivity index (χ1n) is 9.62. The topological polar surface area (TPSA) is 77.7 Å². The highest BCUT2D eigenvalue weighted by Crippen LogP contribution is 2.28. The number of methoxy groups -OCH3 is 2. The Bertz CT molecular complexity index is 1040. The number of aromatic nitrogens is 2. The molecule has 0 saturated carbocycles. The zero-order valence-electron chi connectivity index (χ0n) is 17.6. The molecular weight excluding hydrogens is 382 g/mol. The average Bonchev–Trinajstić information content (AvgIpc) is 3.24. The van der Waals surface area contributed by atoms with Crippen molar-refractivity contribution in [2.24, 2.45) is 0 Å². The van der Waals surface area contributed by atoms with E-state index in [2.05, 4.69) is 10.1 Å². The van der Waals surface area contributed by atoms with Gasteiger partial charge >= 0.3 is 0 Å². The molecular formula is C23H25N3O4. The number of ether oxygens (including phenoxy) is 2. The van der Waals surface area contributed by atoms with E-state index < -0.39 is 0 Å². The second-order valence-corrected chi connectivity index (χ2v) is 6.68. The Morgan fingerprint density at radius 3 is 2.63 bits per heavy atom. The van der Waals surface area contributed by atoms with Crippen LogP contribution in [0.15, 0.2) is 53.1 Å². The quantitative estimate of drug-likeness (QED) is 0.523. The third kappa shape index (κ3) is 5.05. The number of carbonyl (C=O) groups excluding carboxylic acids is 1. The van der Waals surface area contributed by atoms with Gasteiger partial charge in [0.2, 0.25) is 17.6 Å². The van der Waals surface area contributed by atoms with Gasteiger partial charge in [0.1, 0.15) is 6.54 Å². The van der Waals surface area contributed by atoms with Gasteiger partial charge in [0.05, 0.1) is 14.2 Å². The number of carbonyl (C=O) groups is 1. The highest BCUT2D eigenvalue weighted by Gasteiger charge is 2.15. The van der Waals surface area contributed by atoms with Crippen molar-refractivity contribution in [1.82, 2.24) is 15.0 Å². The highest BCUT2D eigenvalue weighted by atomic mass is 16.5. The minimum atomic E-state index is -0.150. The molecule has 0 N–H and O–H groups in total. The van der Waals surface area contributed by atoms with Gasteiger partial charge in [0.15, 0.2) is 11.5 Å². The van der Waals surface area contributed by atoms with Crippen LogP contribution in [-0.4, -0.2) is 41.7 Å². The SMILES string of the molecule is CCN(Cc1nc(-c2cccc(C)c2)no1)C(=O)/C=C/c1ccc(OC)c(OC)c1. The molecule has 156 valence electrons. The fourth-order valence-corrected chi connectivity index (χ4v) is 2.96. The van der Waals surface area contributed by atoms with E-state index in [0.717, 1.165) is 16.7 Å². The first-order chi connectivity index (χ1) is 14.5. The molecule has 3 rings (SSSR count). The van der Waals surface area contributed by atoms with E-state index in [-0.39, 0.29) is 12.5 Å². The monoisotopic (exact) mass is 407 g/mol. The van der Waals surface area contributed by atoms with Crippen molar-refractivity contribution in [3.63, 3.8) is 0 Å². The lowest BCUT2D eigenvalue weighted by Gasteiger charge is -2.16. The number of benzene rings is 2. The number of rotatable bonds is 8. The molecule has 1 aromatic heterocycles. The number of hydrogen-bond acceptors (Lipinski definition) is 6. The van der Waals surface area contributed by atoms with Crippen LogP contribution in [0.4, 0.5) is 0 Å². The molecule has 0 aliphatic rings. The Balaban J connectivity index is 1.69. The van der Waals surface area contributed by atoms with Crippen molar-refractivity contribution in [2.75, 3.05) is 20.8 Å². The first-order valence-corrected chi connectivity index (χ1v) is 9.62. The summed E-state index contributed by atoms with van der Waals surface area (Å²) in [7, 11) is 3.16. The maximum atomic E-state index is 12.6. The minimum absolute atomic E-state index is 0.150. The maximum absolute atomic E-state index is 12.6. The Morgan fingerprint density at radius 2 is 1.93 bits per heavy atom. The van der Waals surface area contributed by atoms with Gasteiger partial charge in [-0.3, -0.25) is 4.79 Å². The number of aryl methyl sites for hydroxylation is 1. The molecule has 1 heterocycles. The number of nitrogens with zero attached hydrogens (tertiary/aromatic N) is 3. The van der Waals surface area contributed by atoms with Crippen LogP contribution in [0.5, 0.6) is 11.5 Å². The standard InChI is InChI=1S/C23H25N3O4/c1-5-26(15-21-24-23(25-30-21)18-8-6-7-16(2)13-18)22(27)12-10-17-9-11-19(28-3)20(14-17)29-4/h6-14H,5,15H2,1-4H3/b12-10+. The van der Waals surface area contributed by atoms with Gasteiger partial charge in [-0.05, 0) is 43.7 Å². The zero-order valence-corrected chi connectivity index (χ0v) is 17.6. The maximum Gasteiger partial charge on any atom is 0.247 e. The Morgan fingerprint density at radius 1 is 1.13 bits per heavy atom.